The maximum Gasteiger partial charge on any atom is 0.306 e. The Morgan fingerprint density at radius 3 is 2.58 bits per heavy atom. The van der Waals surface area contributed by atoms with Crippen LogP contribution in [0, 0.1) is 5.92 Å². The minimum atomic E-state index is -0.768. The van der Waals surface area contributed by atoms with Crippen molar-refractivity contribution in [2.24, 2.45) is 5.92 Å². The van der Waals surface area contributed by atoms with E-state index in [-0.39, 0.29) is 5.92 Å². The molecule has 1 unspecified atom stereocenters. The number of ether oxygens (including phenoxy) is 2. The lowest BCUT2D eigenvalue weighted by Crippen LogP contribution is -2.23. The Hall–Kier alpha value is -1.91. The van der Waals surface area contributed by atoms with E-state index in [1.54, 1.807) is 21.1 Å². The molecule has 19 heavy (non-hydrogen) atoms. The van der Waals surface area contributed by atoms with Gasteiger partial charge < -0.3 is 19.5 Å². The number of aliphatic carboxylic acids is 1. The molecule has 0 radical (unpaired) electrons. The van der Waals surface area contributed by atoms with E-state index in [9.17, 15) is 4.79 Å². The van der Waals surface area contributed by atoms with Crippen LogP contribution >= 0.6 is 0 Å². The van der Waals surface area contributed by atoms with Crippen molar-refractivity contribution >= 4 is 11.7 Å². The molecule has 5 nitrogen and oxygen atoms in total. The molecule has 0 spiro atoms. The van der Waals surface area contributed by atoms with Crippen molar-refractivity contribution in [2.75, 3.05) is 32.7 Å². The van der Waals surface area contributed by atoms with E-state index in [0.29, 0.717) is 18.7 Å². The maximum atomic E-state index is 10.8. The van der Waals surface area contributed by atoms with Crippen molar-refractivity contribution in [2.45, 2.75) is 13.3 Å². The smallest absolute Gasteiger partial charge is 0.306 e. The lowest BCUT2D eigenvalue weighted by atomic mass is 10.1. The Morgan fingerprint density at radius 2 is 2.05 bits per heavy atom. The standard InChI is InChI=1S/C14H21NO4/c1-10(14(16)17)7-8-15(2)12-6-5-11(18-3)9-13(12)19-4/h5-6,9-10H,7-8H2,1-4H3,(H,16,17). The van der Waals surface area contributed by atoms with E-state index in [4.69, 9.17) is 14.6 Å². The summed E-state index contributed by atoms with van der Waals surface area (Å²) in [6, 6.07) is 5.57. The van der Waals surface area contributed by atoms with Gasteiger partial charge in [-0.2, -0.15) is 0 Å². The van der Waals surface area contributed by atoms with E-state index in [1.165, 1.54) is 0 Å². The average molecular weight is 267 g/mol. The predicted molar refractivity (Wildman–Crippen MR) is 74.2 cm³/mol. The molecule has 0 bridgehead atoms. The molecule has 0 amide bonds. The third-order valence-electron chi connectivity index (χ3n) is 3.12. The molecule has 5 heteroatoms. The zero-order valence-electron chi connectivity index (χ0n) is 11.8. The summed E-state index contributed by atoms with van der Waals surface area (Å²) in [6.45, 7) is 2.36. The summed E-state index contributed by atoms with van der Waals surface area (Å²) < 4.78 is 10.5. The quantitative estimate of drug-likeness (QED) is 0.821. The van der Waals surface area contributed by atoms with E-state index in [0.717, 1.165) is 11.4 Å². The van der Waals surface area contributed by atoms with Gasteiger partial charge in [-0.25, -0.2) is 0 Å². The van der Waals surface area contributed by atoms with Gasteiger partial charge in [0.15, 0.2) is 0 Å². The van der Waals surface area contributed by atoms with Crippen LogP contribution in [0.1, 0.15) is 13.3 Å². The van der Waals surface area contributed by atoms with Crippen molar-refractivity contribution in [1.82, 2.24) is 0 Å². The fourth-order valence-electron chi connectivity index (χ4n) is 1.73. The summed E-state index contributed by atoms with van der Waals surface area (Å²) >= 11 is 0. The van der Waals surface area contributed by atoms with Gasteiger partial charge in [0.05, 0.1) is 25.8 Å². The summed E-state index contributed by atoms with van der Waals surface area (Å²) in [7, 11) is 5.12. The fraction of sp³-hybridized carbons (Fsp3) is 0.500. The molecule has 106 valence electrons. The van der Waals surface area contributed by atoms with E-state index in [2.05, 4.69) is 0 Å². The highest BCUT2D eigenvalue weighted by atomic mass is 16.5. The molecule has 1 aromatic carbocycles. The Balaban J connectivity index is 2.76. The van der Waals surface area contributed by atoms with Crippen LogP contribution in [0.3, 0.4) is 0 Å². The molecule has 1 N–H and O–H groups in total. The molecular weight excluding hydrogens is 246 g/mol. The van der Waals surface area contributed by atoms with Gasteiger partial charge in [0, 0.05) is 19.7 Å². The highest BCUT2D eigenvalue weighted by Gasteiger charge is 2.14. The molecule has 0 fully saturated rings. The van der Waals surface area contributed by atoms with E-state index < -0.39 is 5.97 Å². The van der Waals surface area contributed by atoms with Gasteiger partial charge in [-0.05, 0) is 18.6 Å². The molecule has 0 saturated carbocycles. The zero-order valence-corrected chi connectivity index (χ0v) is 11.8. The molecule has 1 rings (SSSR count). The Kier molecular flexibility index (Phi) is 5.48. The number of benzene rings is 1. The Bertz CT molecular complexity index is 433. The Labute approximate surface area is 113 Å². The average Bonchev–Trinajstić information content (AvgIpc) is 2.43. The minimum absolute atomic E-state index is 0.355. The van der Waals surface area contributed by atoms with Crippen molar-refractivity contribution in [3.8, 4) is 11.5 Å². The SMILES string of the molecule is COc1ccc(N(C)CCC(C)C(=O)O)c(OC)c1. The van der Waals surface area contributed by atoms with Gasteiger partial charge in [-0.3, -0.25) is 4.79 Å². The molecule has 0 aliphatic rings. The predicted octanol–water partition coefficient (Wildman–Crippen LogP) is 2.25. The lowest BCUT2D eigenvalue weighted by molar-refractivity contribution is -0.141. The van der Waals surface area contributed by atoms with Crippen LogP contribution < -0.4 is 14.4 Å². The van der Waals surface area contributed by atoms with Crippen LogP contribution in [0.2, 0.25) is 0 Å². The van der Waals surface area contributed by atoms with Crippen LogP contribution in [0.4, 0.5) is 5.69 Å². The summed E-state index contributed by atoms with van der Waals surface area (Å²) in [4.78, 5) is 12.8. The van der Waals surface area contributed by atoms with E-state index >= 15 is 0 Å². The number of carbonyl (C=O) groups is 1. The third-order valence-corrected chi connectivity index (χ3v) is 3.12. The van der Waals surface area contributed by atoms with Crippen LogP contribution in [0.5, 0.6) is 11.5 Å². The summed E-state index contributed by atoms with van der Waals surface area (Å²) in [5, 5.41) is 8.87. The monoisotopic (exact) mass is 267 g/mol. The zero-order chi connectivity index (χ0) is 14.4. The summed E-state index contributed by atoms with van der Waals surface area (Å²) in [5.41, 5.74) is 0.917. The highest BCUT2D eigenvalue weighted by Crippen LogP contribution is 2.31. The van der Waals surface area contributed by atoms with Gasteiger partial charge in [-0.1, -0.05) is 6.92 Å². The van der Waals surface area contributed by atoms with Gasteiger partial charge >= 0.3 is 5.97 Å². The van der Waals surface area contributed by atoms with Gasteiger partial charge in [0.25, 0.3) is 0 Å². The van der Waals surface area contributed by atoms with Crippen molar-refractivity contribution in [3.05, 3.63) is 18.2 Å². The van der Waals surface area contributed by atoms with Crippen LogP contribution in [0.15, 0.2) is 18.2 Å². The first kappa shape index (κ1) is 15.1. The molecular formula is C14H21NO4. The number of anilines is 1. The largest absolute Gasteiger partial charge is 0.497 e. The summed E-state index contributed by atoms with van der Waals surface area (Å²) in [5.74, 6) is 0.319. The second kappa shape index (κ2) is 6.87. The second-order valence-corrected chi connectivity index (χ2v) is 4.49. The molecule has 1 aromatic rings. The molecule has 0 aliphatic carbocycles. The number of carboxylic acid groups (broad SMARTS) is 1. The number of methoxy groups -OCH3 is 2. The molecule has 0 saturated heterocycles. The molecule has 1 atom stereocenters. The topological polar surface area (TPSA) is 59.0 Å². The minimum Gasteiger partial charge on any atom is -0.497 e. The first-order chi connectivity index (χ1) is 8.99. The first-order valence-corrected chi connectivity index (χ1v) is 6.15. The number of rotatable bonds is 7. The highest BCUT2D eigenvalue weighted by molar-refractivity contribution is 5.69. The fourth-order valence-corrected chi connectivity index (χ4v) is 1.73. The second-order valence-electron chi connectivity index (χ2n) is 4.49. The number of nitrogens with zero attached hydrogens (tertiary/aromatic N) is 1. The van der Waals surface area contributed by atoms with Crippen molar-refractivity contribution in [3.63, 3.8) is 0 Å². The van der Waals surface area contributed by atoms with Crippen LogP contribution in [-0.2, 0) is 4.79 Å². The number of hydrogen-bond acceptors (Lipinski definition) is 4. The van der Waals surface area contributed by atoms with Gasteiger partial charge in [0.1, 0.15) is 11.5 Å². The number of carboxylic acids is 1. The first-order valence-electron chi connectivity index (χ1n) is 6.15. The third kappa shape index (κ3) is 4.05. The lowest BCUT2D eigenvalue weighted by Gasteiger charge is -2.23. The van der Waals surface area contributed by atoms with Gasteiger partial charge in [0.2, 0.25) is 0 Å². The van der Waals surface area contributed by atoms with Crippen molar-refractivity contribution < 1.29 is 19.4 Å². The summed E-state index contributed by atoms with van der Waals surface area (Å²) in [6.07, 6.45) is 0.584. The van der Waals surface area contributed by atoms with Crippen LogP contribution in [-0.4, -0.2) is 38.9 Å². The van der Waals surface area contributed by atoms with E-state index in [1.807, 2.05) is 30.1 Å². The van der Waals surface area contributed by atoms with Crippen molar-refractivity contribution in [1.29, 1.82) is 0 Å². The molecule has 0 aliphatic heterocycles. The van der Waals surface area contributed by atoms with Gasteiger partial charge in [-0.15, -0.1) is 0 Å². The van der Waals surface area contributed by atoms with Crippen LogP contribution in [0.25, 0.3) is 0 Å². The Morgan fingerprint density at radius 1 is 1.37 bits per heavy atom. The number of hydrogen-bond donors (Lipinski definition) is 1. The maximum absolute atomic E-state index is 10.8. The molecule has 0 aromatic heterocycles. The molecule has 0 heterocycles. The normalized spacial score (nSPS) is 11.8.